The molecule has 2 rings (SSSR count). The van der Waals surface area contributed by atoms with Crippen molar-refractivity contribution in [2.45, 2.75) is 0 Å². The highest BCUT2D eigenvalue weighted by Gasteiger charge is 2.07. The Balaban J connectivity index is 2.16. The predicted molar refractivity (Wildman–Crippen MR) is 73.7 cm³/mol. The van der Waals surface area contributed by atoms with Crippen molar-refractivity contribution in [3.63, 3.8) is 0 Å². The van der Waals surface area contributed by atoms with E-state index in [1.807, 2.05) is 0 Å². The van der Waals surface area contributed by atoms with Gasteiger partial charge in [-0.2, -0.15) is 0 Å². The van der Waals surface area contributed by atoms with Gasteiger partial charge in [-0.25, -0.2) is 14.4 Å². The highest BCUT2D eigenvalue weighted by Crippen LogP contribution is 2.25. The zero-order chi connectivity index (χ0) is 13.7. The zero-order valence-electron chi connectivity index (χ0n) is 9.64. The second-order valence-corrected chi connectivity index (χ2v) is 4.38. The van der Waals surface area contributed by atoms with Crippen LogP contribution in [0.2, 0.25) is 0 Å². The molecule has 0 aliphatic rings. The number of hydrogen-bond donors (Lipinski definition) is 1. The lowest BCUT2D eigenvalue weighted by Gasteiger charge is -2.07. The summed E-state index contributed by atoms with van der Waals surface area (Å²) in [5, 5.41) is 2.76. The Hall–Kier alpha value is -1.96. The van der Waals surface area contributed by atoms with Gasteiger partial charge in [-0.1, -0.05) is 0 Å². The smallest absolute Gasteiger partial charge is 0.309 e. The molecule has 0 radical (unpaired) electrons. The summed E-state index contributed by atoms with van der Waals surface area (Å²) in [5.74, 6) is 0.128. The molecule has 96 valence electrons. The summed E-state index contributed by atoms with van der Waals surface area (Å²) in [4.78, 5) is 18.1. The Labute approximate surface area is 117 Å². The quantitative estimate of drug-likeness (QED) is 0.674. The van der Waals surface area contributed by atoms with Crippen molar-refractivity contribution in [2.24, 2.45) is 0 Å². The average Bonchev–Trinajstić information content (AvgIpc) is 2.40. The summed E-state index contributed by atoms with van der Waals surface area (Å²) in [5.41, 5.74) is 0. The molecule has 0 aliphatic carbocycles. The van der Waals surface area contributed by atoms with Crippen molar-refractivity contribution >= 4 is 35.3 Å². The number of rotatable bonds is 5. The number of carbonyl (C=O) groups is 1. The summed E-state index contributed by atoms with van der Waals surface area (Å²) in [7, 11) is 0.140. The van der Waals surface area contributed by atoms with Gasteiger partial charge in [0.05, 0.1) is 0 Å². The molecule has 19 heavy (non-hydrogen) atoms. The number of ether oxygens (including phenoxy) is 1. The van der Waals surface area contributed by atoms with Crippen LogP contribution in [0.15, 0.2) is 35.1 Å². The van der Waals surface area contributed by atoms with Crippen molar-refractivity contribution in [3.8, 4) is 11.6 Å². The van der Waals surface area contributed by atoms with Gasteiger partial charge in [-0.15, -0.1) is 0 Å². The van der Waals surface area contributed by atoms with Gasteiger partial charge >= 0.3 is 7.41 Å². The van der Waals surface area contributed by atoms with E-state index in [2.05, 4.69) is 31.1 Å². The molecule has 0 unspecified atom stereocenters. The van der Waals surface area contributed by atoms with E-state index in [9.17, 15) is 9.18 Å². The van der Waals surface area contributed by atoms with Gasteiger partial charge < -0.3 is 14.8 Å². The molecule has 0 saturated heterocycles. The Kier molecular flexibility index (Phi) is 4.46. The van der Waals surface area contributed by atoms with E-state index in [4.69, 9.17) is 4.74 Å². The molecule has 8 heteroatoms. The Morgan fingerprint density at radius 1 is 1.42 bits per heavy atom. The molecular formula is C11H8BBrFN3O2. The first-order chi connectivity index (χ1) is 9.19. The van der Waals surface area contributed by atoms with Crippen LogP contribution in [0, 0.1) is 5.82 Å². The third-order valence-corrected chi connectivity index (χ3v) is 2.52. The fourth-order valence-electron chi connectivity index (χ4n) is 1.31. The molecule has 0 spiro atoms. The average molecular weight is 324 g/mol. The first kappa shape index (κ1) is 13.5. The highest BCUT2D eigenvalue weighted by atomic mass is 79.9. The topological polar surface area (TPSA) is 64.1 Å². The van der Waals surface area contributed by atoms with E-state index in [0.717, 1.165) is 0 Å². The second-order valence-electron chi connectivity index (χ2n) is 3.47. The number of anilines is 1. The van der Waals surface area contributed by atoms with Crippen LogP contribution in [0.1, 0.15) is 0 Å². The van der Waals surface area contributed by atoms with E-state index < -0.39 is 5.82 Å². The molecule has 0 aromatic carbocycles. The van der Waals surface area contributed by atoms with Gasteiger partial charge in [0.15, 0.2) is 5.82 Å². The standard InChI is InChI=1S/C11H8BBrFN3O2/c13-7-3-9(14)11(16-5-7)19-8-1-2-15-10(4-8)17-12-6-18/h1-6,12H,(H,15,17). The van der Waals surface area contributed by atoms with E-state index in [-0.39, 0.29) is 13.3 Å². The zero-order valence-corrected chi connectivity index (χ0v) is 11.2. The molecule has 2 aromatic rings. The van der Waals surface area contributed by atoms with Crippen LogP contribution < -0.4 is 9.96 Å². The van der Waals surface area contributed by atoms with Gasteiger partial charge in [-0.3, -0.25) is 0 Å². The predicted octanol–water partition coefficient (Wildman–Crippen LogP) is 2.12. The molecule has 0 aliphatic heterocycles. The van der Waals surface area contributed by atoms with Gasteiger partial charge in [-0.05, 0) is 28.1 Å². The molecule has 2 aromatic heterocycles. The third-order valence-electron chi connectivity index (χ3n) is 2.09. The Bertz CT molecular complexity index is 600. The molecular weight excluding hydrogens is 316 g/mol. The maximum absolute atomic E-state index is 13.5. The molecule has 1 N–H and O–H groups in total. The molecule has 0 fully saturated rings. The number of hydrogen-bond acceptors (Lipinski definition) is 5. The summed E-state index contributed by atoms with van der Waals surface area (Å²) in [6.07, 6.45) is 3.63. The summed E-state index contributed by atoms with van der Waals surface area (Å²) in [6.45, 7) is 0. The molecule has 0 bridgehead atoms. The molecule has 2 heterocycles. The SMILES string of the molecule is O=CBNc1cc(Oc2ncc(Br)cc2F)ccn1. The molecule has 0 amide bonds. The van der Waals surface area contributed by atoms with Crippen LogP contribution in [-0.2, 0) is 4.79 Å². The van der Waals surface area contributed by atoms with Gasteiger partial charge in [0, 0.05) is 22.9 Å². The van der Waals surface area contributed by atoms with E-state index in [1.165, 1.54) is 18.5 Å². The summed E-state index contributed by atoms with van der Waals surface area (Å²) < 4.78 is 19.4. The lowest BCUT2D eigenvalue weighted by molar-refractivity contribution is 0.422. The maximum atomic E-state index is 13.5. The van der Waals surface area contributed by atoms with Crippen molar-refractivity contribution in [2.75, 3.05) is 5.23 Å². The molecule has 5 nitrogen and oxygen atoms in total. The van der Waals surface area contributed by atoms with Gasteiger partial charge in [0.25, 0.3) is 5.88 Å². The van der Waals surface area contributed by atoms with Crippen LogP contribution in [0.4, 0.5) is 10.2 Å². The lowest BCUT2D eigenvalue weighted by atomic mass is 9.99. The highest BCUT2D eigenvalue weighted by molar-refractivity contribution is 9.10. The normalized spacial score (nSPS) is 9.79. The number of carbonyl (C=O) groups excluding carboxylic acids is 1. The van der Waals surface area contributed by atoms with Gasteiger partial charge in [0.2, 0.25) is 0 Å². The number of aromatic nitrogens is 2. The maximum Gasteiger partial charge on any atom is 0.309 e. The largest absolute Gasteiger partial charge is 0.436 e. The monoisotopic (exact) mass is 323 g/mol. The Morgan fingerprint density at radius 3 is 3.00 bits per heavy atom. The summed E-state index contributed by atoms with van der Waals surface area (Å²) in [6, 6.07) is 4.37. The second kappa shape index (κ2) is 6.28. The minimum atomic E-state index is -0.575. The van der Waals surface area contributed by atoms with Crippen LogP contribution in [0.5, 0.6) is 11.6 Å². The summed E-state index contributed by atoms with van der Waals surface area (Å²) >= 11 is 3.11. The van der Waals surface area contributed by atoms with Crippen molar-refractivity contribution in [3.05, 3.63) is 40.9 Å². The molecule has 0 atom stereocenters. The van der Waals surface area contributed by atoms with E-state index >= 15 is 0 Å². The van der Waals surface area contributed by atoms with Crippen LogP contribution in [-0.4, -0.2) is 23.6 Å². The molecule has 0 saturated carbocycles. The third kappa shape index (κ3) is 3.75. The number of halogens is 2. The lowest BCUT2D eigenvalue weighted by Crippen LogP contribution is -2.08. The van der Waals surface area contributed by atoms with Crippen molar-refractivity contribution in [1.82, 2.24) is 9.97 Å². The van der Waals surface area contributed by atoms with Crippen molar-refractivity contribution < 1.29 is 13.9 Å². The first-order valence-electron chi connectivity index (χ1n) is 5.31. The number of nitrogens with one attached hydrogen (secondary N) is 1. The van der Waals surface area contributed by atoms with Crippen LogP contribution in [0.3, 0.4) is 0 Å². The minimum absolute atomic E-state index is 0.129. The Morgan fingerprint density at radius 2 is 2.26 bits per heavy atom. The fraction of sp³-hybridized carbons (Fsp3) is 0. The first-order valence-corrected chi connectivity index (χ1v) is 6.11. The van der Waals surface area contributed by atoms with Crippen molar-refractivity contribution in [1.29, 1.82) is 0 Å². The fourth-order valence-corrected chi connectivity index (χ4v) is 1.61. The number of nitrogens with zero attached hydrogens (tertiary/aromatic N) is 2. The minimum Gasteiger partial charge on any atom is -0.436 e. The van der Waals surface area contributed by atoms with E-state index in [1.54, 1.807) is 12.1 Å². The van der Waals surface area contributed by atoms with E-state index in [0.29, 0.717) is 22.2 Å². The van der Waals surface area contributed by atoms with Crippen LogP contribution >= 0.6 is 15.9 Å². The van der Waals surface area contributed by atoms with Gasteiger partial charge in [0.1, 0.15) is 17.8 Å². The van der Waals surface area contributed by atoms with Crippen LogP contribution in [0.25, 0.3) is 0 Å². The number of pyridine rings is 2.